The van der Waals surface area contributed by atoms with E-state index in [4.69, 9.17) is 5.11 Å². The van der Waals surface area contributed by atoms with Crippen molar-refractivity contribution >= 4 is 11.9 Å². The number of carbonyl (C=O) groups is 2. The van der Waals surface area contributed by atoms with Crippen molar-refractivity contribution < 1.29 is 14.7 Å². The highest BCUT2D eigenvalue weighted by molar-refractivity contribution is 5.83. The molecule has 1 rings (SSSR count). The van der Waals surface area contributed by atoms with E-state index in [1.54, 1.807) is 26.4 Å². The number of aromatic nitrogens is 2. The fourth-order valence-electron chi connectivity index (χ4n) is 2.14. The SMILES string of the molecule is CCCC(CC(=O)N[C@H](C(=O)O)C(C)C)n1ccnc1. The third kappa shape index (κ3) is 4.68. The highest BCUT2D eigenvalue weighted by atomic mass is 16.4. The number of rotatable bonds is 8. The molecule has 1 amide bonds. The van der Waals surface area contributed by atoms with E-state index in [0.717, 1.165) is 12.8 Å². The zero-order valence-corrected chi connectivity index (χ0v) is 12.2. The topological polar surface area (TPSA) is 84.2 Å². The van der Waals surface area contributed by atoms with Gasteiger partial charge in [0, 0.05) is 24.9 Å². The molecule has 1 unspecified atom stereocenters. The third-order valence-corrected chi connectivity index (χ3v) is 3.24. The molecule has 0 radical (unpaired) electrons. The third-order valence-electron chi connectivity index (χ3n) is 3.24. The summed E-state index contributed by atoms with van der Waals surface area (Å²) < 4.78 is 1.90. The molecule has 1 aromatic heterocycles. The smallest absolute Gasteiger partial charge is 0.326 e. The lowest BCUT2D eigenvalue weighted by Gasteiger charge is -2.21. The number of amides is 1. The summed E-state index contributed by atoms with van der Waals surface area (Å²) in [6.07, 6.45) is 7.25. The lowest BCUT2D eigenvalue weighted by molar-refractivity contribution is -0.143. The average molecular weight is 281 g/mol. The first kappa shape index (κ1) is 16.2. The molecule has 0 aliphatic rings. The number of carboxylic acids is 1. The first-order valence-corrected chi connectivity index (χ1v) is 6.95. The van der Waals surface area contributed by atoms with Crippen molar-refractivity contribution in [1.82, 2.24) is 14.9 Å². The summed E-state index contributed by atoms with van der Waals surface area (Å²) in [7, 11) is 0. The fourth-order valence-corrected chi connectivity index (χ4v) is 2.14. The molecule has 0 bridgehead atoms. The van der Waals surface area contributed by atoms with Crippen LogP contribution >= 0.6 is 0 Å². The average Bonchev–Trinajstić information content (AvgIpc) is 2.88. The normalized spacial score (nSPS) is 14.0. The van der Waals surface area contributed by atoms with Gasteiger partial charge >= 0.3 is 5.97 Å². The molecule has 6 heteroatoms. The van der Waals surface area contributed by atoms with Gasteiger partial charge in [-0.15, -0.1) is 0 Å². The van der Waals surface area contributed by atoms with Crippen molar-refractivity contribution in [2.45, 2.75) is 52.1 Å². The Bertz CT molecular complexity index is 429. The van der Waals surface area contributed by atoms with Crippen LogP contribution in [0.4, 0.5) is 0 Å². The van der Waals surface area contributed by atoms with Crippen molar-refractivity contribution in [3.63, 3.8) is 0 Å². The van der Waals surface area contributed by atoms with Crippen LogP contribution < -0.4 is 5.32 Å². The monoisotopic (exact) mass is 281 g/mol. The Kier molecular flexibility index (Phi) is 6.21. The quantitative estimate of drug-likeness (QED) is 0.761. The van der Waals surface area contributed by atoms with Crippen LogP contribution in [-0.2, 0) is 9.59 Å². The maximum Gasteiger partial charge on any atom is 0.326 e. The number of hydrogen-bond acceptors (Lipinski definition) is 3. The Morgan fingerprint density at radius 1 is 1.40 bits per heavy atom. The van der Waals surface area contributed by atoms with E-state index in [0.29, 0.717) is 0 Å². The van der Waals surface area contributed by atoms with E-state index in [-0.39, 0.29) is 24.3 Å². The van der Waals surface area contributed by atoms with E-state index in [1.807, 2.05) is 10.8 Å². The minimum Gasteiger partial charge on any atom is -0.480 e. The molecule has 112 valence electrons. The highest BCUT2D eigenvalue weighted by Crippen LogP contribution is 2.18. The summed E-state index contributed by atoms with van der Waals surface area (Å²) in [5, 5.41) is 11.7. The highest BCUT2D eigenvalue weighted by Gasteiger charge is 2.24. The Hall–Kier alpha value is -1.85. The van der Waals surface area contributed by atoms with Crippen LogP contribution in [0.1, 0.15) is 46.1 Å². The van der Waals surface area contributed by atoms with Crippen molar-refractivity contribution in [1.29, 1.82) is 0 Å². The second-order valence-corrected chi connectivity index (χ2v) is 5.28. The van der Waals surface area contributed by atoms with Crippen molar-refractivity contribution in [3.8, 4) is 0 Å². The van der Waals surface area contributed by atoms with Crippen molar-refractivity contribution in [3.05, 3.63) is 18.7 Å². The predicted molar refractivity (Wildman–Crippen MR) is 75.2 cm³/mol. The maximum atomic E-state index is 12.0. The molecule has 0 aromatic carbocycles. The van der Waals surface area contributed by atoms with Crippen LogP contribution in [0.15, 0.2) is 18.7 Å². The lowest BCUT2D eigenvalue weighted by atomic mass is 10.0. The number of aliphatic carboxylic acids is 1. The molecular formula is C14H23N3O3. The van der Waals surface area contributed by atoms with Crippen LogP contribution in [0.5, 0.6) is 0 Å². The zero-order valence-electron chi connectivity index (χ0n) is 12.2. The first-order valence-electron chi connectivity index (χ1n) is 6.95. The number of nitrogens with zero attached hydrogens (tertiary/aromatic N) is 2. The summed E-state index contributed by atoms with van der Waals surface area (Å²) in [4.78, 5) is 27.1. The van der Waals surface area contributed by atoms with Crippen LogP contribution in [0.25, 0.3) is 0 Å². The van der Waals surface area contributed by atoms with Gasteiger partial charge < -0.3 is 15.0 Å². The molecule has 0 saturated heterocycles. The number of hydrogen-bond donors (Lipinski definition) is 2. The molecule has 0 aliphatic heterocycles. The van der Waals surface area contributed by atoms with Crippen LogP contribution in [0.3, 0.4) is 0 Å². The first-order chi connectivity index (χ1) is 9.45. The molecule has 0 spiro atoms. The second kappa shape index (κ2) is 7.67. The van der Waals surface area contributed by atoms with Crippen molar-refractivity contribution in [2.75, 3.05) is 0 Å². The second-order valence-electron chi connectivity index (χ2n) is 5.28. The summed E-state index contributed by atoms with van der Waals surface area (Å²) in [5.74, 6) is -1.38. The number of imidazole rings is 1. The number of nitrogens with one attached hydrogen (secondary N) is 1. The van der Waals surface area contributed by atoms with Gasteiger partial charge in [-0.1, -0.05) is 27.2 Å². The van der Waals surface area contributed by atoms with E-state index < -0.39 is 12.0 Å². The largest absolute Gasteiger partial charge is 0.480 e. The predicted octanol–water partition coefficient (Wildman–Crippen LogP) is 1.84. The van der Waals surface area contributed by atoms with E-state index in [1.165, 1.54) is 0 Å². The van der Waals surface area contributed by atoms with E-state index >= 15 is 0 Å². The summed E-state index contributed by atoms with van der Waals surface area (Å²) >= 11 is 0. The van der Waals surface area contributed by atoms with Gasteiger partial charge in [0.05, 0.1) is 6.33 Å². The summed E-state index contributed by atoms with van der Waals surface area (Å²) in [6.45, 7) is 5.60. The van der Waals surface area contributed by atoms with Gasteiger partial charge in [-0.3, -0.25) is 4.79 Å². The molecule has 0 saturated carbocycles. The fraction of sp³-hybridized carbons (Fsp3) is 0.643. The Morgan fingerprint density at radius 3 is 2.55 bits per heavy atom. The summed E-state index contributed by atoms with van der Waals surface area (Å²) in [6, 6.07) is -0.823. The summed E-state index contributed by atoms with van der Waals surface area (Å²) in [5.41, 5.74) is 0. The van der Waals surface area contributed by atoms with Gasteiger partial charge in [-0.05, 0) is 12.3 Å². The maximum absolute atomic E-state index is 12.0. The Morgan fingerprint density at radius 2 is 2.10 bits per heavy atom. The molecule has 1 aromatic rings. The molecule has 20 heavy (non-hydrogen) atoms. The van der Waals surface area contributed by atoms with Gasteiger partial charge in [-0.2, -0.15) is 0 Å². The molecule has 0 aliphatic carbocycles. The van der Waals surface area contributed by atoms with Crippen molar-refractivity contribution in [2.24, 2.45) is 5.92 Å². The molecule has 2 atom stereocenters. The Labute approximate surface area is 119 Å². The minimum atomic E-state index is -0.997. The van der Waals surface area contributed by atoms with Crippen LogP contribution in [-0.4, -0.2) is 32.6 Å². The standard InChI is InChI=1S/C14H23N3O3/c1-4-5-11(17-7-6-15-9-17)8-12(18)16-13(10(2)3)14(19)20/h6-7,9-11,13H,4-5,8H2,1-3H3,(H,16,18)(H,19,20)/t11?,13-/m0/s1. The van der Waals surface area contributed by atoms with Crippen LogP contribution in [0, 0.1) is 5.92 Å². The molecule has 1 heterocycles. The molecule has 0 fully saturated rings. The number of carbonyl (C=O) groups excluding carboxylic acids is 1. The zero-order chi connectivity index (χ0) is 15.1. The molecule has 6 nitrogen and oxygen atoms in total. The Balaban J connectivity index is 2.64. The molecule has 2 N–H and O–H groups in total. The lowest BCUT2D eigenvalue weighted by Crippen LogP contribution is -2.44. The van der Waals surface area contributed by atoms with E-state index in [9.17, 15) is 9.59 Å². The minimum absolute atomic E-state index is 0.0177. The van der Waals surface area contributed by atoms with Gasteiger partial charge in [0.2, 0.25) is 5.91 Å². The van der Waals surface area contributed by atoms with E-state index in [2.05, 4.69) is 17.2 Å². The van der Waals surface area contributed by atoms with Gasteiger partial charge in [0.1, 0.15) is 6.04 Å². The molecular weight excluding hydrogens is 258 g/mol. The van der Waals surface area contributed by atoms with Gasteiger partial charge in [0.25, 0.3) is 0 Å². The number of carboxylic acid groups (broad SMARTS) is 1. The van der Waals surface area contributed by atoms with Gasteiger partial charge in [0.15, 0.2) is 0 Å². The van der Waals surface area contributed by atoms with Gasteiger partial charge in [-0.25, -0.2) is 9.78 Å². The van der Waals surface area contributed by atoms with Crippen LogP contribution in [0.2, 0.25) is 0 Å².